The Hall–Kier alpha value is -1.86. The van der Waals surface area contributed by atoms with Crippen LogP contribution in [-0.4, -0.2) is 67.1 Å². The molecule has 2 aromatic rings. The number of rotatable bonds is 5. The number of amides is 1. The average molecular weight is 495 g/mol. The second kappa shape index (κ2) is 8.94. The van der Waals surface area contributed by atoms with Gasteiger partial charge in [-0.1, -0.05) is 25.2 Å². The lowest BCUT2D eigenvalue weighted by atomic mass is 10.2. The first-order valence-corrected chi connectivity index (χ1v) is 12.9. The maximum atomic E-state index is 13.2. The van der Waals surface area contributed by atoms with Gasteiger partial charge in [0.05, 0.1) is 10.5 Å². The van der Waals surface area contributed by atoms with Gasteiger partial charge in [-0.3, -0.25) is 4.79 Å². The summed E-state index contributed by atoms with van der Waals surface area (Å²) >= 11 is 1.93. The Kier molecular flexibility index (Phi) is 6.87. The SMILES string of the molecule is CC(C)Sc1ccc(S(C)(=O)=O)cc1C(=O)N1CCN(c2nnc(C(F)(F)F)s2)CC1. The summed E-state index contributed by atoms with van der Waals surface area (Å²) in [7, 11) is -3.48. The molecular weight excluding hydrogens is 473 g/mol. The third kappa shape index (κ3) is 5.69. The quantitative estimate of drug-likeness (QED) is 0.589. The van der Waals surface area contributed by atoms with E-state index in [2.05, 4.69) is 10.2 Å². The zero-order chi connectivity index (χ0) is 23.0. The molecule has 0 N–H and O–H groups in total. The number of nitrogens with zero attached hydrogens (tertiary/aromatic N) is 4. The second-order valence-corrected chi connectivity index (χ2v) is 11.9. The van der Waals surface area contributed by atoms with Crippen LogP contribution in [0.4, 0.5) is 18.3 Å². The lowest BCUT2D eigenvalue weighted by molar-refractivity contribution is -0.138. The summed E-state index contributed by atoms with van der Waals surface area (Å²) in [5, 5.41) is 6.16. The predicted molar refractivity (Wildman–Crippen MR) is 114 cm³/mol. The molecule has 7 nitrogen and oxygen atoms in total. The van der Waals surface area contributed by atoms with Crippen molar-refractivity contribution in [2.24, 2.45) is 0 Å². The summed E-state index contributed by atoms with van der Waals surface area (Å²) < 4.78 is 62.2. The zero-order valence-electron chi connectivity index (χ0n) is 17.0. The minimum absolute atomic E-state index is 0.0659. The van der Waals surface area contributed by atoms with E-state index in [9.17, 15) is 26.4 Å². The molecule has 1 saturated heterocycles. The van der Waals surface area contributed by atoms with E-state index in [0.29, 0.717) is 34.9 Å². The minimum Gasteiger partial charge on any atom is -0.343 e. The molecule has 1 aliphatic rings. The molecule has 0 saturated carbocycles. The Labute approximate surface area is 186 Å². The lowest BCUT2D eigenvalue weighted by Gasteiger charge is -2.34. The van der Waals surface area contributed by atoms with Gasteiger partial charge in [0.25, 0.3) is 5.91 Å². The van der Waals surface area contributed by atoms with Crippen LogP contribution >= 0.6 is 23.1 Å². The first-order chi connectivity index (χ1) is 14.4. The number of alkyl halides is 3. The van der Waals surface area contributed by atoms with Gasteiger partial charge in [-0.15, -0.1) is 22.0 Å². The normalized spacial score (nSPS) is 15.6. The van der Waals surface area contributed by atoms with Crippen molar-refractivity contribution in [1.29, 1.82) is 0 Å². The highest BCUT2D eigenvalue weighted by Gasteiger charge is 2.36. The van der Waals surface area contributed by atoms with E-state index in [-0.39, 0.29) is 34.3 Å². The average Bonchev–Trinajstić information content (AvgIpc) is 3.17. The van der Waals surface area contributed by atoms with Gasteiger partial charge in [0, 0.05) is 42.6 Å². The Morgan fingerprint density at radius 1 is 1.16 bits per heavy atom. The molecule has 0 atom stereocenters. The van der Waals surface area contributed by atoms with E-state index in [0.717, 1.165) is 6.26 Å². The Balaban J connectivity index is 1.77. The van der Waals surface area contributed by atoms with Gasteiger partial charge in [-0.25, -0.2) is 8.42 Å². The van der Waals surface area contributed by atoms with Crippen LogP contribution in [0, 0.1) is 0 Å². The summed E-state index contributed by atoms with van der Waals surface area (Å²) in [6.07, 6.45) is -3.45. The highest BCUT2D eigenvalue weighted by Crippen LogP contribution is 2.35. The minimum atomic E-state index is -4.54. The molecule has 2 heterocycles. The van der Waals surface area contributed by atoms with E-state index in [1.54, 1.807) is 15.9 Å². The zero-order valence-corrected chi connectivity index (χ0v) is 19.5. The van der Waals surface area contributed by atoms with Crippen LogP contribution in [0.2, 0.25) is 0 Å². The van der Waals surface area contributed by atoms with E-state index in [4.69, 9.17) is 0 Å². The van der Waals surface area contributed by atoms with Gasteiger partial charge < -0.3 is 9.80 Å². The van der Waals surface area contributed by atoms with Crippen molar-refractivity contribution in [2.45, 2.75) is 35.1 Å². The van der Waals surface area contributed by atoms with Gasteiger partial charge in [-0.2, -0.15) is 13.2 Å². The van der Waals surface area contributed by atoms with Crippen LogP contribution in [0.3, 0.4) is 0 Å². The molecule has 0 radical (unpaired) electrons. The molecule has 1 aromatic heterocycles. The van der Waals surface area contributed by atoms with Crippen LogP contribution in [0.1, 0.15) is 29.2 Å². The number of piperazine rings is 1. The van der Waals surface area contributed by atoms with Crippen LogP contribution < -0.4 is 4.90 Å². The van der Waals surface area contributed by atoms with Gasteiger partial charge in [0.15, 0.2) is 9.84 Å². The van der Waals surface area contributed by atoms with Crippen molar-refractivity contribution in [3.63, 3.8) is 0 Å². The molecule has 1 aromatic carbocycles. The third-order valence-electron chi connectivity index (χ3n) is 4.47. The Morgan fingerprint density at radius 3 is 2.32 bits per heavy atom. The smallest absolute Gasteiger partial charge is 0.343 e. The van der Waals surface area contributed by atoms with E-state index in [1.807, 2.05) is 13.8 Å². The summed E-state index contributed by atoms with van der Waals surface area (Å²) in [6, 6.07) is 4.53. The Morgan fingerprint density at radius 2 is 1.81 bits per heavy atom. The van der Waals surface area contributed by atoms with Crippen LogP contribution in [-0.2, 0) is 16.0 Å². The van der Waals surface area contributed by atoms with Crippen LogP contribution in [0.5, 0.6) is 0 Å². The Bertz CT molecular complexity index is 1060. The van der Waals surface area contributed by atoms with Crippen molar-refractivity contribution in [2.75, 3.05) is 37.3 Å². The first-order valence-electron chi connectivity index (χ1n) is 9.32. The third-order valence-corrected chi connectivity index (χ3v) is 7.69. The molecule has 31 heavy (non-hydrogen) atoms. The van der Waals surface area contributed by atoms with Crippen molar-refractivity contribution in [1.82, 2.24) is 15.1 Å². The fourth-order valence-corrected chi connectivity index (χ4v) is 5.33. The maximum Gasteiger partial charge on any atom is 0.445 e. The molecular formula is C18H21F3N4O3S3. The lowest BCUT2D eigenvalue weighted by Crippen LogP contribution is -2.49. The topological polar surface area (TPSA) is 83.5 Å². The van der Waals surface area contributed by atoms with Crippen molar-refractivity contribution in [3.8, 4) is 0 Å². The second-order valence-electron chi connectivity index (χ2n) is 7.26. The maximum absolute atomic E-state index is 13.2. The number of aromatic nitrogens is 2. The van der Waals surface area contributed by atoms with Crippen molar-refractivity contribution in [3.05, 3.63) is 28.8 Å². The number of hydrogen-bond acceptors (Lipinski definition) is 8. The molecule has 1 fully saturated rings. The number of carbonyl (C=O) groups excluding carboxylic acids is 1. The number of carbonyl (C=O) groups is 1. The molecule has 0 unspecified atom stereocenters. The summed E-state index contributed by atoms with van der Waals surface area (Å²) in [5.74, 6) is -0.304. The number of halogens is 3. The van der Waals surface area contributed by atoms with Gasteiger partial charge in [0.2, 0.25) is 10.1 Å². The first kappa shape index (κ1) is 23.8. The van der Waals surface area contributed by atoms with Gasteiger partial charge in [-0.05, 0) is 18.2 Å². The summed E-state index contributed by atoms with van der Waals surface area (Å²) in [5.41, 5.74) is 0.311. The molecule has 13 heteroatoms. The van der Waals surface area contributed by atoms with Gasteiger partial charge in [0.1, 0.15) is 0 Å². The molecule has 170 valence electrons. The number of benzene rings is 1. The molecule has 1 aliphatic heterocycles. The van der Waals surface area contributed by atoms with Crippen LogP contribution in [0.25, 0.3) is 0 Å². The predicted octanol–water partition coefficient (Wildman–Crippen LogP) is 3.42. The molecule has 0 spiro atoms. The van der Waals surface area contributed by atoms with Crippen molar-refractivity contribution >= 4 is 44.0 Å². The number of thioether (sulfide) groups is 1. The number of anilines is 1. The standard InChI is InChI=1S/C18H21F3N4O3S3/c1-11(2)29-14-5-4-12(31(3,27)28)10-13(14)15(26)24-6-8-25(9-7-24)17-23-22-16(30-17)18(19,20)21/h4-5,10-11H,6-9H2,1-3H3. The van der Waals surface area contributed by atoms with E-state index >= 15 is 0 Å². The largest absolute Gasteiger partial charge is 0.445 e. The highest BCUT2D eigenvalue weighted by atomic mass is 32.2. The van der Waals surface area contributed by atoms with E-state index < -0.39 is 21.0 Å². The monoisotopic (exact) mass is 494 g/mol. The number of hydrogen-bond donors (Lipinski definition) is 0. The fourth-order valence-electron chi connectivity index (χ4n) is 2.99. The number of sulfone groups is 1. The highest BCUT2D eigenvalue weighted by molar-refractivity contribution is 8.00. The van der Waals surface area contributed by atoms with Crippen molar-refractivity contribution < 1.29 is 26.4 Å². The molecule has 3 rings (SSSR count). The summed E-state index contributed by atoms with van der Waals surface area (Å²) in [4.78, 5) is 17.2. The molecule has 0 bridgehead atoms. The molecule has 0 aliphatic carbocycles. The fraction of sp³-hybridized carbons (Fsp3) is 0.500. The molecule has 1 amide bonds. The summed E-state index contributed by atoms with van der Waals surface area (Å²) in [6.45, 7) is 5.09. The van der Waals surface area contributed by atoms with Crippen LogP contribution in [0.15, 0.2) is 28.0 Å². The van der Waals surface area contributed by atoms with Gasteiger partial charge >= 0.3 is 6.18 Å². The van der Waals surface area contributed by atoms with E-state index in [1.165, 1.54) is 23.9 Å².